The average molecular weight is 484 g/mol. The smallest absolute Gasteiger partial charge is 0.247 e. The number of benzene rings is 1. The highest BCUT2D eigenvalue weighted by Gasteiger charge is 2.39. The summed E-state index contributed by atoms with van der Waals surface area (Å²) < 4.78 is 0. The first kappa shape index (κ1) is 23.2. The molecule has 1 aliphatic rings. The van der Waals surface area contributed by atoms with E-state index < -0.39 is 6.04 Å². The van der Waals surface area contributed by atoms with Crippen molar-refractivity contribution in [1.82, 2.24) is 19.8 Å². The van der Waals surface area contributed by atoms with E-state index in [9.17, 15) is 9.59 Å². The molecular weight excluding hydrogens is 458 g/mol. The summed E-state index contributed by atoms with van der Waals surface area (Å²) in [5.41, 5.74) is 7.64. The van der Waals surface area contributed by atoms with Crippen molar-refractivity contribution in [1.29, 1.82) is 0 Å². The number of nitrogens with zero attached hydrogens (tertiary/aromatic N) is 4. The quantitative estimate of drug-likeness (QED) is 0.525. The number of nitrogen functional groups attached to an aromatic ring is 1. The molecule has 1 aromatic carbocycles. The lowest BCUT2D eigenvalue weighted by molar-refractivity contribution is -0.153. The molecule has 1 aliphatic heterocycles. The first-order chi connectivity index (χ1) is 15.9. The van der Waals surface area contributed by atoms with Gasteiger partial charge < -0.3 is 15.5 Å². The van der Waals surface area contributed by atoms with Crippen molar-refractivity contribution in [3.8, 4) is 0 Å². The molecule has 1 fully saturated rings. The van der Waals surface area contributed by atoms with Crippen LogP contribution in [0.5, 0.6) is 0 Å². The Morgan fingerprint density at radius 2 is 2.15 bits per heavy atom. The van der Waals surface area contributed by atoms with Crippen LogP contribution in [0.3, 0.4) is 0 Å². The molecule has 0 bridgehead atoms. The second-order valence-corrected chi connectivity index (χ2v) is 9.60. The molecule has 2 aromatic heterocycles. The number of rotatable bonds is 6. The minimum atomic E-state index is -0.478. The Balaban J connectivity index is 1.53. The summed E-state index contributed by atoms with van der Waals surface area (Å²) >= 11 is 7.44. The minimum Gasteiger partial charge on any atom is -0.383 e. The minimum absolute atomic E-state index is 0.0289. The summed E-state index contributed by atoms with van der Waals surface area (Å²) in [4.78, 5) is 39.3. The van der Waals surface area contributed by atoms with Crippen LogP contribution in [-0.4, -0.2) is 50.2 Å². The molecule has 2 unspecified atom stereocenters. The van der Waals surface area contributed by atoms with Gasteiger partial charge >= 0.3 is 0 Å². The molecule has 172 valence electrons. The molecule has 2 atom stereocenters. The van der Waals surface area contributed by atoms with Gasteiger partial charge in [0.2, 0.25) is 11.8 Å². The van der Waals surface area contributed by atoms with Gasteiger partial charge in [0.25, 0.3) is 0 Å². The van der Waals surface area contributed by atoms with E-state index in [1.807, 2.05) is 48.4 Å². The van der Waals surface area contributed by atoms with E-state index in [1.165, 1.54) is 23.7 Å². The molecule has 4 rings (SSSR count). The molecule has 0 aliphatic carbocycles. The van der Waals surface area contributed by atoms with Gasteiger partial charge in [-0.2, -0.15) is 0 Å². The molecule has 2 N–H and O–H groups in total. The summed E-state index contributed by atoms with van der Waals surface area (Å²) in [6.45, 7) is 4.93. The summed E-state index contributed by atoms with van der Waals surface area (Å²) in [5, 5.41) is 3.26. The van der Waals surface area contributed by atoms with Crippen molar-refractivity contribution in [3.63, 3.8) is 0 Å². The largest absolute Gasteiger partial charge is 0.383 e. The van der Waals surface area contributed by atoms with Crippen molar-refractivity contribution in [2.75, 3.05) is 12.3 Å². The highest BCUT2D eigenvalue weighted by atomic mass is 35.5. The van der Waals surface area contributed by atoms with Crippen LogP contribution in [0.25, 0.3) is 17.0 Å². The zero-order chi connectivity index (χ0) is 23.5. The fraction of sp³-hybridized carbons (Fsp3) is 0.333. The SMILES string of the molecule is CCCC1C(=O)N(Cc2ccc3c(N)ncnc3c2)C(C)CN1C(=O)C=Cc1cc(Cl)cs1. The van der Waals surface area contributed by atoms with Gasteiger partial charge in [0.05, 0.1) is 10.5 Å². The predicted octanol–water partition coefficient (Wildman–Crippen LogP) is 4.37. The molecule has 33 heavy (non-hydrogen) atoms. The van der Waals surface area contributed by atoms with E-state index in [4.69, 9.17) is 17.3 Å². The van der Waals surface area contributed by atoms with Gasteiger partial charge in [0, 0.05) is 40.9 Å². The molecule has 1 saturated heterocycles. The van der Waals surface area contributed by atoms with Gasteiger partial charge in [-0.05, 0) is 43.2 Å². The molecule has 0 spiro atoms. The Morgan fingerprint density at radius 1 is 1.33 bits per heavy atom. The average Bonchev–Trinajstić information content (AvgIpc) is 3.22. The Bertz CT molecular complexity index is 1210. The Kier molecular flexibility index (Phi) is 6.95. The monoisotopic (exact) mass is 483 g/mol. The number of piperazine rings is 1. The number of fused-ring (bicyclic) bond motifs is 1. The third-order valence-electron chi connectivity index (χ3n) is 5.85. The van der Waals surface area contributed by atoms with Crippen LogP contribution in [0.1, 0.15) is 37.1 Å². The van der Waals surface area contributed by atoms with E-state index >= 15 is 0 Å². The number of thiophene rings is 1. The van der Waals surface area contributed by atoms with Crippen LogP contribution >= 0.6 is 22.9 Å². The van der Waals surface area contributed by atoms with Crippen molar-refractivity contribution in [2.45, 2.75) is 45.3 Å². The van der Waals surface area contributed by atoms with Crippen molar-refractivity contribution >= 4 is 57.5 Å². The van der Waals surface area contributed by atoms with Crippen LogP contribution < -0.4 is 5.73 Å². The maximum atomic E-state index is 13.5. The summed E-state index contributed by atoms with van der Waals surface area (Å²) in [5.74, 6) is 0.249. The molecule has 9 heteroatoms. The maximum Gasteiger partial charge on any atom is 0.247 e. The summed E-state index contributed by atoms with van der Waals surface area (Å²) in [7, 11) is 0. The van der Waals surface area contributed by atoms with E-state index in [0.717, 1.165) is 27.8 Å². The summed E-state index contributed by atoms with van der Waals surface area (Å²) in [6, 6.07) is 6.99. The van der Waals surface area contributed by atoms with Crippen LogP contribution in [0, 0.1) is 0 Å². The van der Waals surface area contributed by atoms with Crippen molar-refractivity contribution in [3.05, 3.63) is 57.5 Å². The number of carbonyl (C=O) groups is 2. The first-order valence-electron chi connectivity index (χ1n) is 10.9. The van der Waals surface area contributed by atoms with E-state index in [1.54, 1.807) is 11.0 Å². The number of hydrogen-bond donors (Lipinski definition) is 1. The molecule has 0 radical (unpaired) electrons. The fourth-order valence-electron chi connectivity index (χ4n) is 4.17. The van der Waals surface area contributed by atoms with Crippen LogP contribution in [-0.2, 0) is 16.1 Å². The Labute approximate surface area is 201 Å². The summed E-state index contributed by atoms with van der Waals surface area (Å²) in [6.07, 6.45) is 6.15. The zero-order valence-electron chi connectivity index (χ0n) is 18.6. The normalized spacial score (nSPS) is 19.1. The number of aromatic nitrogens is 2. The Hall–Kier alpha value is -2.97. The van der Waals surface area contributed by atoms with Gasteiger partial charge in [-0.25, -0.2) is 9.97 Å². The highest BCUT2D eigenvalue weighted by Crippen LogP contribution is 2.26. The maximum absolute atomic E-state index is 13.5. The zero-order valence-corrected chi connectivity index (χ0v) is 20.1. The third-order valence-corrected chi connectivity index (χ3v) is 7.09. The fourth-order valence-corrected chi connectivity index (χ4v) is 5.14. The lowest BCUT2D eigenvalue weighted by atomic mass is 10.0. The van der Waals surface area contributed by atoms with Crippen molar-refractivity contribution in [2.24, 2.45) is 0 Å². The molecule has 0 saturated carbocycles. The van der Waals surface area contributed by atoms with Crippen LogP contribution in [0.4, 0.5) is 5.82 Å². The molecular formula is C24H26ClN5O2S. The van der Waals surface area contributed by atoms with Gasteiger partial charge in [-0.15, -0.1) is 11.3 Å². The highest BCUT2D eigenvalue weighted by molar-refractivity contribution is 7.11. The first-order valence-corrected chi connectivity index (χ1v) is 12.2. The van der Waals surface area contributed by atoms with E-state index in [-0.39, 0.29) is 17.9 Å². The molecule has 2 amide bonds. The van der Waals surface area contributed by atoms with Crippen LogP contribution in [0.2, 0.25) is 5.02 Å². The number of carbonyl (C=O) groups excluding carboxylic acids is 2. The van der Waals surface area contributed by atoms with Crippen LogP contribution in [0.15, 0.2) is 42.0 Å². The van der Waals surface area contributed by atoms with Gasteiger partial charge in [0.15, 0.2) is 0 Å². The second kappa shape index (κ2) is 9.89. The molecule has 7 nitrogen and oxygen atoms in total. The lowest BCUT2D eigenvalue weighted by Gasteiger charge is -2.44. The number of amides is 2. The topological polar surface area (TPSA) is 92.4 Å². The van der Waals surface area contributed by atoms with E-state index in [2.05, 4.69) is 9.97 Å². The van der Waals surface area contributed by atoms with Gasteiger partial charge in [-0.1, -0.05) is 31.0 Å². The van der Waals surface area contributed by atoms with Gasteiger partial charge in [-0.3, -0.25) is 9.59 Å². The lowest BCUT2D eigenvalue weighted by Crippen LogP contribution is -2.61. The molecule has 3 heterocycles. The Morgan fingerprint density at radius 3 is 2.88 bits per heavy atom. The second-order valence-electron chi connectivity index (χ2n) is 8.22. The predicted molar refractivity (Wildman–Crippen MR) is 133 cm³/mol. The van der Waals surface area contributed by atoms with E-state index in [0.29, 0.717) is 30.4 Å². The standard InChI is InChI=1S/C24H26ClN5O2S/c1-3-4-21-24(32)29(12-16-5-7-19-20(9-16)27-14-28-23(19)26)15(2)11-30(21)22(31)8-6-18-10-17(25)13-33-18/h5-10,13-15,21H,3-4,11-12H2,1-2H3,(H2,26,27,28). The van der Waals surface area contributed by atoms with Gasteiger partial charge in [0.1, 0.15) is 18.2 Å². The van der Waals surface area contributed by atoms with Crippen molar-refractivity contribution < 1.29 is 9.59 Å². The number of hydrogen-bond acceptors (Lipinski definition) is 6. The molecule has 3 aromatic rings. The number of halogens is 1. The third kappa shape index (κ3) is 5.02. The number of anilines is 1. The number of nitrogens with two attached hydrogens (primary N) is 1.